The van der Waals surface area contributed by atoms with E-state index in [4.69, 9.17) is 5.10 Å². The summed E-state index contributed by atoms with van der Waals surface area (Å²) in [5.41, 5.74) is 3.08. The van der Waals surface area contributed by atoms with Crippen molar-refractivity contribution in [2.45, 2.75) is 65.8 Å². The van der Waals surface area contributed by atoms with Crippen molar-refractivity contribution in [2.75, 3.05) is 13.1 Å². The number of nitrogens with zero attached hydrogens (tertiary/aromatic N) is 2. The summed E-state index contributed by atoms with van der Waals surface area (Å²) in [7, 11) is 0. The molecule has 114 valence electrons. The highest BCUT2D eigenvalue weighted by atomic mass is 79.9. The molecule has 1 heterocycles. The Kier molecular flexibility index (Phi) is 5.67. The molecule has 4 heteroatoms. The first-order valence-corrected chi connectivity index (χ1v) is 8.90. The monoisotopic (exact) mass is 341 g/mol. The first-order chi connectivity index (χ1) is 9.65. The van der Waals surface area contributed by atoms with E-state index in [0.29, 0.717) is 5.41 Å². The van der Waals surface area contributed by atoms with Crippen LogP contribution in [-0.4, -0.2) is 22.9 Å². The summed E-state index contributed by atoms with van der Waals surface area (Å²) in [6.45, 7) is 9.85. The first kappa shape index (κ1) is 16.0. The predicted molar refractivity (Wildman–Crippen MR) is 88.1 cm³/mol. The van der Waals surface area contributed by atoms with E-state index in [9.17, 15) is 0 Å². The second-order valence-corrected chi connectivity index (χ2v) is 6.88. The van der Waals surface area contributed by atoms with Crippen LogP contribution in [0.25, 0.3) is 0 Å². The van der Waals surface area contributed by atoms with Crippen molar-refractivity contribution in [1.82, 2.24) is 15.1 Å². The van der Waals surface area contributed by atoms with Crippen molar-refractivity contribution >= 4 is 15.9 Å². The highest BCUT2D eigenvalue weighted by Gasteiger charge is 2.38. The molecule has 0 amide bonds. The fourth-order valence-corrected chi connectivity index (χ4v) is 3.87. The Balaban J connectivity index is 2.12. The average molecular weight is 342 g/mol. The lowest BCUT2D eigenvalue weighted by Crippen LogP contribution is -2.42. The van der Waals surface area contributed by atoms with Crippen LogP contribution in [0.2, 0.25) is 0 Å². The van der Waals surface area contributed by atoms with Crippen molar-refractivity contribution in [3.8, 4) is 0 Å². The predicted octanol–water partition coefficient (Wildman–Crippen LogP) is 3.94. The highest BCUT2D eigenvalue weighted by molar-refractivity contribution is 9.10. The van der Waals surface area contributed by atoms with Gasteiger partial charge in [-0.05, 0) is 66.9 Å². The molecule has 20 heavy (non-hydrogen) atoms. The van der Waals surface area contributed by atoms with Gasteiger partial charge in [-0.15, -0.1) is 0 Å². The highest BCUT2D eigenvalue weighted by Crippen LogP contribution is 2.44. The number of aryl methyl sites for hydroxylation is 2. The van der Waals surface area contributed by atoms with Crippen LogP contribution < -0.4 is 5.32 Å². The minimum atomic E-state index is 0.468. The van der Waals surface area contributed by atoms with Gasteiger partial charge in [-0.1, -0.05) is 20.3 Å². The smallest absolute Gasteiger partial charge is 0.0766 e. The molecule has 1 saturated carbocycles. The fraction of sp³-hybridized carbons (Fsp3) is 0.812. The van der Waals surface area contributed by atoms with Gasteiger partial charge in [0.15, 0.2) is 0 Å². The molecule has 0 aromatic carbocycles. The third-order valence-electron chi connectivity index (χ3n) is 4.58. The Morgan fingerprint density at radius 1 is 1.30 bits per heavy atom. The summed E-state index contributed by atoms with van der Waals surface area (Å²) in [5, 5.41) is 8.37. The van der Waals surface area contributed by atoms with Gasteiger partial charge < -0.3 is 5.32 Å². The van der Waals surface area contributed by atoms with Crippen LogP contribution in [0.4, 0.5) is 0 Å². The van der Waals surface area contributed by atoms with Gasteiger partial charge in [-0.3, -0.25) is 4.68 Å². The molecule has 0 radical (unpaired) electrons. The van der Waals surface area contributed by atoms with Crippen LogP contribution in [0.5, 0.6) is 0 Å². The summed E-state index contributed by atoms with van der Waals surface area (Å²) < 4.78 is 3.45. The van der Waals surface area contributed by atoms with Crippen molar-refractivity contribution < 1.29 is 0 Å². The minimum Gasteiger partial charge on any atom is -0.316 e. The standard InChI is InChI=1S/C16H28BrN3/c1-4-10-18-12-16(8-7-9-16)11-14-15(17)13(5-2)19-20(14)6-3/h18H,4-12H2,1-3H3. The molecule has 1 aliphatic carbocycles. The van der Waals surface area contributed by atoms with E-state index in [1.807, 2.05) is 0 Å². The van der Waals surface area contributed by atoms with Crippen LogP contribution in [0.15, 0.2) is 4.47 Å². The molecular weight excluding hydrogens is 314 g/mol. The van der Waals surface area contributed by atoms with Gasteiger partial charge in [-0.25, -0.2) is 0 Å². The van der Waals surface area contributed by atoms with Gasteiger partial charge in [0.25, 0.3) is 0 Å². The quantitative estimate of drug-likeness (QED) is 0.725. The maximum Gasteiger partial charge on any atom is 0.0766 e. The Hall–Kier alpha value is -0.350. The van der Waals surface area contributed by atoms with E-state index in [1.54, 1.807) is 0 Å². The van der Waals surface area contributed by atoms with E-state index in [0.717, 1.165) is 32.5 Å². The third kappa shape index (κ3) is 3.28. The number of nitrogens with one attached hydrogen (secondary N) is 1. The van der Waals surface area contributed by atoms with Gasteiger partial charge in [0.1, 0.15) is 0 Å². The van der Waals surface area contributed by atoms with Crippen LogP contribution in [0.3, 0.4) is 0 Å². The Morgan fingerprint density at radius 3 is 2.55 bits per heavy atom. The molecule has 1 aliphatic rings. The molecule has 1 aromatic heterocycles. The zero-order chi connectivity index (χ0) is 14.6. The molecule has 0 spiro atoms. The molecule has 1 fully saturated rings. The van der Waals surface area contributed by atoms with Crippen molar-refractivity contribution in [1.29, 1.82) is 0 Å². The lowest BCUT2D eigenvalue weighted by Gasteiger charge is -2.42. The van der Waals surface area contributed by atoms with E-state index >= 15 is 0 Å². The fourth-order valence-electron chi connectivity index (χ4n) is 3.16. The number of hydrogen-bond acceptors (Lipinski definition) is 2. The maximum absolute atomic E-state index is 4.74. The van der Waals surface area contributed by atoms with E-state index < -0.39 is 0 Å². The van der Waals surface area contributed by atoms with Crippen LogP contribution in [0, 0.1) is 5.41 Å². The lowest BCUT2D eigenvalue weighted by molar-refractivity contribution is 0.127. The molecule has 1 aromatic rings. The molecule has 0 aliphatic heterocycles. The van der Waals surface area contributed by atoms with Crippen molar-refractivity contribution in [3.63, 3.8) is 0 Å². The minimum absolute atomic E-state index is 0.468. The number of aromatic nitrogens is 2. The van der Waals surface area contributed by atoms with Crippen LogP contribution in [0.1, 0.15) is 57.8 Å². The normalized spacial score (nSPS) is 17.2. The third-order valence-corrected chi connectivity index (χ3v) is 5.49. The topological polar surface area (TPSA) is 29.9 Å². The SMILES string of the molecule is CCCNCC1(Cc2c(Br)c(CC)nn2CC)CCC1. The van der Waals surface area contributed by atoms with Gasteiger partial charge in [0, 0.05) is 13.1 Å². The molecule has 0 bridgehead atoms. The summed E-state index contributed by atoms with van der Waals surface area (Å²) in [4.78, 5) is 0. The molecular formula is C16H28BrN3. The van der Waals surface area contributed by atoms with Crippen molar-refractivity contribution in [3.05, 3.63) is 15.9 Å². The molecule has 2 rings (SSSR count). The molecule has 0 saturated heterocycles. The van der Waals surface area contributed by atoms with Gasteiger partial charge in [-0.2, -0.15) is 5.10 Å². The van der Waals surface area contributed by atoms with Gasteiger partial charge in [0.05, 0.1) is 15.9 Å². The van der Waals surface area contributed by atoms with E-state index in [-0.39, 0.29) is 0 Å². The van der Waals surface area contributed by atoms with Crippen LogP contribution >= 0.6 is 15.9 Å². The number of rotatable bonds is 8. The summed E-state index contributed by atoms with van der Waals surface area (Å²) in [5.74, 6) is 0. The summed E-state index contributed by atoms with van der Waals surface area (Å²) in [6, 6.07) is 0. The molecule has 0 unspecified atom stereocenters. The molecule has 3 nitrogen and oxygen atoms in total. The average Bonchev–Trinajstić information content (AvgIpc) is 2.72. The van der Waals surface area contributed by atoms with Gasteiger partial charge in [0.2, 0.25) is 0 Å². The Bertz CT molecular complexity index is 435. The number of halogens is 1. The van der Waals surface area contributed by atoms with Crippen LogP contribution in [-0.2, 0) is 19.4 Å². The zero-order valence-electron chi connectivity index (χ0n) is 13.1. The Labute approximate surface area is 131 Å². The molecule has 1 N–H and O–H groups in total. The van der Waals surface area contributed by atoms with E-state index in [1.165, 1.54) is 41.5 Å². The lowest BCUT2D eigenvalue weighted by atomic mass is 9.66. The molecule has 0 atom stereocenters. The zero-order valence-corrected chi connectivity index (χ0v) is 14.7. The summed E-state index contributed by atoms with van der Waals surface area (Å²) in [6.07, 6.45) is 7.46. The van der Waals surface area contributed by atoms with Crippen molar-refractivity contribution in [2.24, 2.45) is 5.41 Å². The first-order valence-electron chi connectivity index (χ1n) is 8.10. The second-order valence-electron chi connectivity index (χ2n) is 6.08. The second kappa shape index (κ2) is 7.08. The summed E-state index contributed by atoms with van der Waals surface area (Å²) >= 11 is 3.79. The number of hydrogen-bond donors (Lipinski definition) is 1. The van der Waals surface area contributed by atoms with E-state index in [2.05, 4.69) is 46.7 Å². The largest absolute Gasteiger partial charge is 0.316 e. The Morgan fingerprint density at radius 2 is 2.05 bits per heavy atom. The van der Waals surface area contributed by atoms with Gasteiger partial charge >= 0.3 is 0 Å². The maximum atomic E-state index is 4.74.